The zero-order valence-corrected chi connectivity index (χ0v) is 7.13. The molecule has 0 heterocycles. The monoisotopic (exact) mass is 158 g/mol. The van der Waals surface area contributed by atoms with Gasteiger partial charge in [-0.2, -0.15) is 0 Å². The van der Waals surface area contributed by atoms with Gasteiger partial charge in [-0.1, -0.05) is 6.92 Å². The summed E-state index contributed by atoms with van der Waals surface area (Å²) < 4.78 is 4.84. The highest BCUT2D eigenvalue weighted by Gasteiger charge is 2.03. The van der Waals surface area contributed by atoms with Crippen LogP contribution in [0.25, 0.3) is 0 Å². The van der Waals surface area contributed by atoms with Crippen LogP contribution in [-0.2, 0) is 9.53 Å². The van der Waals surface area contributed by atoms with Crippen molar-refractivity contribution >= 4 is 5.97 Å². The minimum atomic E-state index is -0.487. The van der Waals surface area contributed by atoms with Crippen molar-refractivity contribution in [1.29, 1.82) is 0 Å². The lowest BCUT2D eigenvalue weighted by atomic mass is 10.3. The lowest BCUT2D eigenvalue weighted by Crippen LogP contribution is -2.11. The van der Waals surface area contributed by atoms with Gasteiger partial charge in [-0.05, 0) is 20.3 Å². The van der Waals surface area contributed by atoms with Crippen molar-refractivity contribution in [2.24, 2.45) is 0 Å². The molecule has 11 heavy (non-hydrogen) atoms. The van der Waals surface area contributed by atoms with Gasteiger partial charge in [0.25, 0.3) is 0 Å². The van der Waals surface area contributed by atoms with Gasteiger partial charge >= 0.3 is 5.97 Å². The summed E-state index contributed by atoms with van der Waals surface area (Å²) >= 11 is 0. The Bertz CT molecular complexity index is 157. The average Bonchev–Trinajstić information content (AvgIpc) is 1.85. The summed E-state index contributed by atoms with van der Waals surface area (Å²) in [6, 6.07) is 0. The Kier molecular flexibility index (Phi) is 4.34. The molecule has 0 spiro atoms. The molecule has 1 N–H and O–H groups in total. The van der Waals surface area contributed by atoms with Gasteiger partial charge in [0.2, 0.25) is 0 Å². The van der Waals surface area contributed by atoms with Crippen molar-refractivity contribution in [3.05, 3.63) is 11.8 Å². The van der Waals surface area contributed by atoms with Crippen LogP contribution in [0.2, 0.25) is 0 Å². The van der Waals surface area contributed by atoms with E-state index in [2.05, 4.69) is 0 Å². The van der Waals surface area contributed by atoms with Crippen LogP contribution in [0.5, 0.6) is 0 Å². The Morgan fingerprint density at radius 3 is 2.64 bits per heavy atom. The summed E-state index contributed by atoms with van der Waals surface area (Å²) in [5, 5.41) is 8.67. The summed E-state index contributed by atoms with van der Waals surface area (Å²) in [6.07, 6.45) is 1.76. The Morgan fingerprint density at radius 2 is 2.27 bits per heavy atom. The Morgan fingerprint density at radius 1 is 1.73 bits per heavy atom. The second kappa shape index (κ2) is 4.77. The van der Waals surface area contributed by atoms with Gasteiger partial charge in [-0.25, -0.2) is 4.79 Å². The van der Waals surface area contributed by atoms with E-state index in [1.165, 1.54) is 6.92 Å². The van der Waals surface area contributed by atoms with Crippen LogP contribution in [0.15, 0.2) is 11.8 Å². The molecule has 0 aliphatic rings. The van der Waals surface area contributed by atoms with E-state index in [-0.39, 0.29) is 11.9 Å². The van der Waals surface area contributed by atoms with Crippen LogP contribution in [-0.4, -0.2) is 17.2 Å². The van der Waals surface area contributed by atoms with E-state index in [1.54, 1.807) is 6.92 Å². The summed E-state index contributed by atoms with van der Waals surface area (Å²) in [4.78, 5) is 10.8. The molecule has 0 aliphatic heterocycles. The standard InChI is InChI=1S/C8H14O3/c1-4-7(3)11-8(10)5-6(2)9/h5,7,9H,4H2,1-3H3/b6-5-. The quantitative estimate of drug-likeness (QED) is 0.387. The fourth-order valence-electron chi connectivity index (χ4n) is 0.486. The SMILES string of the molecule is CCC(C)OC(=O)/C=C(/C)O. The van der Waals surface area contributed by atoms with Gasteiger partial charge in [0.1, 0.15) is 0 Å². The van der Waals surface area contributed by atoms with Crippen LogP contribution >= 0.6 is 0 Å². The molecular formula is C8H14O3. The van der Waals surface area contributed by atoms with Crippen molar-refractivity contribution in [2.75, 3.05) is 0 Å². The third-order valence-corrected chi connectivity index (χ3v) is 1.22. The summed E-state index contributed by atoms with van der Waals surface area (Å²) in [5.41, 5.74) is 0. The maximum absolute atomic E-state index is 10.8. The number of carbonyl (C=O) groups excluding carboxylic acids is 1. The van der Waals surface area contributed by atoms with Gasteiger partial charge in [-0.15, -0.1) is 0 Å². The first-order valence-corrected chi connectivity index (χ1v) is 3.64. The molecule has 0 rings (SSSR count). The molecule has 64 valence electrons. The lowest BCUT2D eigenvalue weighted by Gasteiger charge is -2.07. The van der Waals surface area contributed by atoms with E-state index < -0.39 is 5.97 Å². The first kappa shape index (κ1) is 10.0. The first-order valence-electron chi connectivity index (χ1n) is 3.64. The number of allylic oxidation sites excluding steroid dienone is 1. The largest absolute Gasteiger partial charge is 0.512 e. The molecule has 0 aromatic rings. The molecule has 1 atom stereocenters. The average molecular weight is 158 g/mol. The zero-order chi connectivity index (χ0) is 8.85. The first-order chi connectivity index (χ1) is 5.06. The third-order valence-electron chi connectivity index (χ3n) is 1.22. The van der Waals surface area contributed by atoms with Crippen LogP contribution in [0, 0.1) is 0 Å². The molecule has 0 bridgehead atoms. The summed E-state index contributed by atoms with van der Waals surface area (Å²) in [5.74, 6) is -0.516. The second-order valence-electron chi connectivity index (χ2n) is 2.44. The van der Waals surface area contributed by atoms with E-state index in [9.17, 15) is 4.79 Å². The van der Waals surface area contributed by atoms with Crippen molar-refractivity contribution in [3.8, 4) is 0 Å². The van der Waals surface area contributed by atoms with E-state index >= 15 is 0 Å². The number of carbonyl (C=O) groups is 1. The Labute approximate surface area is 66.7 Å². The fourth-order valence-corrected chi connectivity index (χ4v) is 0.486. The van der Waals surface area contributed by atoms with E-state index in [0.29, 0.717) is 0 Å². The van der Waals surface area contributed by atoms with Crippen molar-refractivity contribution < 1.29 is 14.6 Å². The number of aliphatic hydroxyl groups is 1. The highest BCUT2D eigenvalue weighted by Crippen LogP contribution is 1.97. The zero-order valence-electron chi connectivity index (χ0n) is 7.13. The van der Waals surface area contributed by atoms with Crippen molar-refractivity contribution in [3.63, 3.8) is 0 Å². The van der Waals surface area contributed by atoms with Crippen LogP contribution in [0.1, 0.15) is 27.2 Å². The number of aliphatic hydroxyl groups excluding tert-OH is 1. The topological polar surface area (TPSA) is 46.5 Å². The highest BCUT2D eigenvalue weighted by molar-refractivity contribution is 5.82. The van der Waals surface area contributed by atoms with Crippen molar-refractivity contribution in [1.82, 2.24) is 0 Å². The normalized spacial score (nSPS) is 14.3. The molecule has 1 unspecified atom stereocenters. The van der Waals surface area contributed by atoms with Gasteiger partial charge in [0, 0.05) is 0 Å². The predicted octanol–water partition coefficient (Wildman–Crippen LogP) is 1.79. The molecule has 0 saturated carbocycles. The molecule has 0 aromatic heterocycles. The van der Waals surface area contributed by atoms with Crippen LogP contribution in [0.3, 0.4) is 0 Å². The molecule has 0 aromatic carbocycles. The molecule has 0 amide bonds. The highest BCUT2D eigenvalue weighted by atomic mass is 16.5. The Balaban J connectivity index is 3.79. The minimum Gasteiger partial charge on any atom is -0.512 e. The number of hydrogen-bond acceptors (Lipinski definition) is 3. The molecule has 3 nitrogen and oxygen atoms in total. The Hall–Kier alpha value is -0.990. The van der Waals surface area contributed by atoms with E-state index in [1.807, 2.05) is 6.92 Å². The van der Waals surface area contributed by atoms with Gasteiger partial charge in [0.15, 0.2) is 0 Å². The minimum absolute atomic E-state index is 0.0293. The van der Waals surface area contributed by atoms with E-state index in [0.717, 1.165) is 12.5 Å². The lowest BCUT2D eigenvalue weighted by molar-refractivity contribution is -0.142. The number of esters is 1. The molecular weight excluding hydrogens is 144 g/mol. The van der Waals surface area contributed by atoms with Crippen molar-refractivity contribution in [2.45, 2.75) is 33.3 Å². The maximum Gasteiger partial charge on any atom is 0.334 e. The summed E-state index contributed by atoms with van der Waals surface area (Å²) in [6.45, 7) is 5.16. The fraction of sp³-hybridized carbons (Fsp3) is 0.625. The number of rotatable bonds is 3. The van der Waals surface area contributed by atoms with E-state index in [4.69, 9.17) is 9.84 Å². The number of hydrogen-bond donors (Lipinski definition) is 1. The number of ether oxygens (including phenoxy) is 1. The van der Waals surface area contributed by atoms with Gasteiger partial charge in [-0.3, -0.25) is 0 Å². The molecule has 3 heteroatoms. The molecule has 0 fully saturated rings. The molecule has 0 saturated heterocycles. The second-order valence-corrected chi connectivity index (χ2v) is 2.44. The van der Waals surface area contributed by atoms with Gasteiger partial charge in [0.05, 0.1) is 17.9 Å². The maximum atomic E-state index is 10.8. The van der Waals surface area contributed by atoms with Crippen LogP contribution in [0.4, 0.5) is 0 Å². The predicted molar refractivity (Wildman–Crippen MR) is 42.2 cm³/mol. The third kappa shape index (κ3) is 5.45. The smallest absolute Gasteiger partial charge is 0.334 e. The van der Waals surface area contributed by atoms with Crippen LogP contribution < -0.4 is 0 Å². The summed E-state index contributed by atoms with van der Waals surface area (Å²) in [7, 11) is 0. The molecule has 0 aliphatic carbocycles. The van der Waals surface area contributed by atoms with Gasteiger partial charge < -0.3 is 9.84 Å². The molecule has 0 radical (unpaired) electrons.